The van der Waals surface area contributed by atoms with E-state index < -0.39 is 0 Å². The van der Waals surface area contributed by atoms with Crippen molar-refractivity contribution in [3.05, 3.63) is 52.0 Å². The molecule has 2 aromatic rings. The first kappa shape index (κ1) is 18.0. The summed E-state index contributed by atoms with van der Waals surface area (Å²) in [4.78, 5) is 19.4. The molecule has 0 spiro atoms. The van der Waals surface area contributed by atoms with Crippen LogP contribution in [0.1, 0.15) is 27.8 Å². The Labute approximate surface area is 150 Å². The third-order valence-corrected chi connectivity index (χ3v) is 5.02. The number of hydrogen-bond acceptors (Lipinski definition) is 3. The summed E-state index contributed by atoms with van der Waals surface area (Å²) >= 11 is 3.50. The molecule has 0 bridgehead atoms. The zero-order chi connectivity index (χ0) is 15.7. The number of imidazole rings is 1. The van der Waals surface area contributed by atoms with E-state index in [0.29, 0.717) is 6.54 Å². The van der Waals surface area contributed by atoms with Crippen molar-refractivity contribution in [2.75, 3.05) is 19.6 Å². The first-order valence-corrected chi connectivity index (χ1v) is 8.13. The van der Waals surface area contributed by atoms with Crippen LogP contribution in [0.3, 0.4) is 0 Å². The van der Waals surface area contributed by atoms with E-state index in [4.69, 9.17) is 0 Å². The summed E-state index contributed by atoms with van der Waals surface area (Å²) in [6, 6.07) is 5.71. The molecule has 0 saturated carbocycles. The van der Waals surface area contributed by atoms with Crippen LogP contribution in [0.4, 0.5) is 0 Å². The largest absolute Gasteiger partial charge is 0.336 e. The van der Waals surface area contributed by atoms with Gasteiger partial charge in [0.2, 0.25) is 0 Å². The van der Waals surface area contributed by atoms with Gasteiger partial charge < -0.3 is 14.8 Å². The van der Waals surface area contributed by atoms with Gasteiger partial charge in [0.25, 0.3) is 5.91 Å². The maximum atomic E-state index is 13.0. The number of carbonyl (C=O) groups is 1. The average Bonchev–Trinajstić information content (AvgIpc) is 2.95. The molecule has 124 valence electrons. The van der Waals surface area contributed by atoms with E-state index in [0.717, 1.165) is 34.5 Å². The molecule has 0 radical (unpaired) electrons. The molecular formula is C16H20BrClN4O. The monoisotopic (exact) mass is 398 g/mol. The molecule has 1 amide bonds. The van der Waals surface area contributed by atoms with Gasteiger partial charge in [-0.15, -0.1) is 12.4 Å². The van der Waals surface area contributed by atoms with E-state index >= 15 is 0 Å². The van der Waals surface area contributed by atoms with E-state index in [1.165, 1.54) is 0 Å². The highest BCUT2D eigenvalue weighted by Crippen LogP contribution is 2.26. The summed E-state index contributed by atoms with van der Waals surface area (Å²) < 4.78 is 2.94. The highest BCUT2D eigenvalue weighted by Gasteiger charge is 2.31. The van der Waals surface area contributed by atoms with Crippen molar-refractivity contribution in [1.82, 2.24) is 19.8 Å². The van der Waals surface area contributed by atoms with Crippen molar-refractivity contribution < 1.29 is 4.79 Å². The van der Waals surface area contributed by atoms with Gasteiger partial charge in [-0.05, 0) is 24.6 Å². The van der Waals surface area contributed by atoms with Gasteiger partial charge in [-0.25, -0.2) is 4.98 Å². The van der Waals surface area contributed by atoms with Crippen molar-refractivity contribution in [2.45, 2.75) is 13.0 Å². The SMILES string of the molecule is Cc1c(Br)cccc1C(=O)N1CCNCC1c1nccn1C.Cl. The fourth-order valence-corrected chi connectivity index (χ4v) is 3.24. The van der Waals surface area contributed by atoms with Crippen molar-refractivity contribution in [2.24, 2.45) is 7.05 Å². The Morgan fingerprint density at radius 1 is 1.43 bits per heavy atom. The summed E-state index contributed by atoms with van der Waals surface area (Å²) in [6.07, 6.45) is 3.69. The molecule has 5 nitrogen and oxygen atoms in total. The lowest BCUT2D eigenvalue weighted by Crippen LogP contribution is -2.49. The van der Waals surface area contributed by atoms with E-state index in [9.17, 15) is 4.79 Å². The Balaban J connectivity index is 0.00000192. The third-order valence-electron chi connectivity index (χ3n) is 4.16. The Kier molecular flexibility index (Phi) is 5.84. The predicted octanol–water partition coefficient (Wildman–Crippen LogP) is 2.70. The number of rotatable bonds is 2. The molecule has 7 heteroatoms. The zero-order valence-corrected chi connectivity index (χ0v) is 15.5. The maximum absolute atomic E-state index is 13.0. The number of halogens is 2. The zero-order valence-electron chi connectivity index (χ0n) is 13.1. The summed E-state index contributed by atoms with van der Waals surface area (Å²) in [5.41, 5.74) is 1.72. The van der Waals surface area contributed by atoms with Crippen molar-refractivity contribution >= 4 is 34.2 Å². The van der Waals surface area contributed by atoms with E-state index in [-0.39, 0.29) is 24.4 Å². The number of hydrogen-bond donors (Lipinski definition) is 1. The van der Waals surface area contributed by atoms with Crippen molar-refractivity contribution in [3.8, 4) is 0 Å². The molecule has 1 aliphatic heterocycles. The highest BCUT2D eigenvalue weighted by atomic mass is 79.9. The van der Waals surface area contributed by atoms with Gasteiger partial charge >= 0.3 is 0 Å². The molecule has 1 aromatic carbocycles. The molecule has 1 atom stereocenters. The molecule has 1 aromatic heterocycles. The molecule has 2 heterocycles. The van der Waals surface area contributed by atoms with Gasteiger partial charge in [-0.3, -0.25) is 4.79 Å². The van der Waals surface area contributed by atoms with Crippen molar-refractivity contribution in [3.63, 3.8) is 0 Å². The molecule has 1 fully saturated rings. The third kappa shape index (κ3) is 3.44. The standard InChI is InChI=1S/C16H19BrN4O.ClH/c1-11-12(4-3-5-13(11)17)16(22)21-9-6-18-10-14(21)15-19-7-8-20(15)2;/h3-5,7-8,14,18H,6,9-10H2,1-2H3;1H. The maximum Gasteiger partial charge on any atom is 0.254 e. The quantitative estimate of drug-likeness (QED) is 0.845. The van der Waals surface area contributed by atoms with Gasteiger partial charge in [0.1, 0.15) is 11.9 Å². The first-order chi connectivity index (χ1) is 10.6. The normalized spacial score (nSPS) is 17.7. The van der Waals surface area contributed by atoms with E-state index in [1.807, 2.05) is 47.8 Å². The van der Waals surface area contributed by atoms with Gasteiger partial charge in [0, 0.05) is 49.1 Å². The van der Waals surface area contributed by atoms with Crippen LogP contribution in [0.25, 0.3) is 0 Å². The topological polar surface area (TPSA) is 50.2 Å². The van der Waals surface area contributed by atoms with Crippen LogP contribution in [-0.2, 0) is 7.05 Å². The Bertz CT molecular complexity index is 703. The Morgan fingerprint density at radius 3 is 2.91 bits per heavy atom. The summed E-state index contributed by atoms with van der Waals surface area (Å²) in [5, 5.41) is 3.36. The molecule has 1 saturated heterocycles. The fourth-order valence-electron chi connectivity index (χ4n) is 2.87. The van der Waals surface area contributed by atoms with Gasteiger partial charge in [-0.1, -0.05) is 22.0 Å². The number of aryl methyl sites for hydroxylation is 1. The average molecular weight is 400 g/mol. The number of benzene rings is 1. The lowest BCUT2D eigenvalue weighted by Gasteiger charge is -2.36. The van der Waals surface area contributed by atoms with Crippen LogP contribution in [-0.4, -0.2) is 40.0 Å². The van der Waals surface area contributed by atoms with Crippen LogP contribution in [0.15, 0.2) is 35.1 Å². The number of nitrogens with zero attached hydrogens (tertiary/aromatic N) is 3. The molecule has 23 heavy (non-hydrogen) atoms. The fraction of sp³-hybridized carbons (Fsp3) is 0.375. The molecule has 0 aliphatic carbocycles. The second-order valence-electron chi connectivity index (χ2n) is 5.53. The highest BCUT2D eigenvalue weighted by molar-refractivity contribution is 9.10. The number of carbonyl (C=O) groups excluding carboxylic acids is 1. The minimum absolute atomic E-state index is 0. The molecule has 1 unspecified atom stereocenters. The lowest BCUT2D eigenvalue weighted by molar-refractivity contribution is 0.0620. The summed E-state index contributed by atoms with van der Waals surface area (Å²) in [5.74, 6) is 0.974. The predicted molar refractivity (Wildman–Crippen MR) is 96.0 cm³/mol. The molecule has 1 aliphatic rings. The van der Waals surface area contributed by atoms with Crippen LogP contribution >= 0.6 is 28.3 Å². The number of nitrogens with one attached hydrogen (secondary N) is 1. The Morgan fingerprint density at radius 2 is 2.22 bits per heavy atom. The number of piperazine rings is 1. The molecule has 3 rings (SSSR count). The van der Waals surface area contributed by atoms with Crippen molar-refractivity contribution in [1.29, 1.82) is 0 Å². The molecular weight excluding hydrogens is 380 g/mol. The smallest absolute Gasteiger partial charge is 0.254 e. The number of amides is 1. The van der Waals surface area contributed by atoms with Crippen LogP contribution < -0.4 is 5.32 Å². The van der Waals surface area contributed by atoms with Gasteiger partial charge in [-0.2, -0.15) is 0 Å². The minimum atomic E-state index is -0.0420. The first-order valence-electron chi connectivity index (χ1n) is 7.33. The Hall–Kier alpha value is -1.37. The van der Waals surface area contributed by atoms with Gasteiger partial charge in [0.05, 0.1) is 0 Å². The minimum Gasteiger partial charge on any atom is -0.336 e. The molecule has 1 N–H and O–H groups in total. The summed E-state index contributed by atoms with van der Waals surface area (Å²) in [7, 11) is 1.96. The summed E-state index contributed by atoms with van der Waals surface area (Å²) in [6.45, 7) is 4.18. The van der Waals surface area contributed by atoms with Gasteiger partial charge in [0.15, 0.2) is 0 Å². The van der Waals surface area contributed by atoms with Crippen LogP contribution in [0, 0.1) is 6.92 Å². The lowest BCUT2D eigenvalue weighted by atomic mass is 10.1. The van der Waals surface area contributed by atoms with E-state index in [2.05, 4.69) is 26.2 Å². The van der Waals surface area contributed by atoms with Crippen LogP contribution in [0.5, 0.6) is 0 Å². The second kappa shape index (κ2) is 7.47. The second-order valence-corrected chi connectivity index (χ2v) is 6.38. The van der Waals surface area contributed by atoms with E-state index in [1.54, 1.807) is 6.20 Å². The number of aromatic nitrogens is 2. The van der Waals surface area contributed by atoms with Crippen LogP contribution in [0.2, 0.25) is 0 Å².